The maximum Gasteiger partial charge on any atom is 0.295 e. The Balaban J connectivity index is 1.58. The molecule has 210 valence electrons. The number of rotatable bonds is 7. The van der Waals surface area contributed by atoms with Gasteiger partial charge in [0.1, 0.15) is 11.5 Å². The number of non-ortho nitro benzene ring substituents is 1. The molecule has 2 heterocycles. The molecule has 2 N–H and O–H groups in total. The Kier molecular flexibility index (Phi) is 7.13. The van der Waals surface area contributed by atoms with Gasteiger partial charge in [0.15, 0.2) is 0 Å². The second-order valence-electron chi connectivity index (χ2n) is 11.1. The molecule has 1 fully saturated rings. The number of ether oxygens (including phenoxy) is 1. The molecule has 0 aliphatic carbocycles. The predicted molar refractivity (Wildman–Crippen MR) is 156 cm³/mol. The summed E-state index contributed by atoms with van der Waals surface area (Å²) >= 11 is 0. The van der Waals surface area contributed by atoms with Crippen molar-refractivity contribution in [2.75, 3.05) is 13.7 Å². The Morgan fingerprint density at radius 3 is 2.46 bits per heavy atom. The van der Waals surface area contributed by atoms with Gasteiger partial charge in [-0.3, -0.25) is 19.7 Å². The van der Waals surface area contributed by atoms with Crippen molar-refractivity contribution in [2.24, 2.45) is 0 Å². The van der Waals surface area contributed by atoms with Gasteiger partial charge in [-0.2, -0.15) is 0 Å². The van der Waals surface area contributed by atoms with Crippen LogP contribution in [-0.2, 0) is 21.4 Å². The van der Waals surface area contributed by atoms with Crippen LogP contribution < -0.4 is 4.74 Å². The number of hydrogen-bond donors (Lipinski definition) is 2. The van der Waals surface area contributed by atoms with Crippen molar-refractivity contribution in [3.8, 4) is 5.75 Å². The number of benzene rings is 3. The monoisotopic (exact) mass is 553 g/mol. The van der Waals surface area contributed by atoms with Crippen molar-refractivity contribution >= 4 is 34.0 Å². The number of likely N-dealkylation sites (tertiary alicyclic amines) is 1. The molecule has 41 heavy (non-hydrogen) atoms. The van der Waals surface area contributed by atoms with E-state index in [1.54, 1.807) is 7.11 Å². The van der Waals surface area contributed by atoms with E-state index in [2.05, 4.69) is 25.8 Å². The van der Waals surface area contributed by atoms with Crippen LogP contribution in [0.3, 0.4) is 0 Å². The van der Waals surface area contributed by atoms with Gasteiger partial charge in [0.25, 0.3) is 17.4 Å². The summed E-state index contributed by atoms with van der Waals surface area (Å²) in [4.78, 5) is 42.4. The summed E-state index contributed by atoms with van der Waals surface area (Å²) in [5.74, 6) is -1.32. The van der Waals surface area contributed by atoms with E-state index < -0.39 is 28.4 Å². The number of aromatic amines is 1. The fourth-order valence-electron chi connectivity index (χ4n) is 5.28. The number of aliphatic hydroxyl groups excluding tert-OH is 1. The number of aliphatic hydroxyl groups is 1. The maximum absolute atomic E-state index is 13.5. The number of nitro groups is 1. The van der Waals surface area contributed by atoms with E-state index in [-0.39, 0.29) is 28.8 Å². The van der Waals surface area contributed by atoms with Gasteiger partial charge in [-0.25, -0.2) is 0 Å². The largest absolute Gasteiger partial charge is 0.507 e. The van der Waals surface area contributed by atoms with E-state index >= 15 is 0 Å². The normalized spacial score (nSPS) is 16.9. The summed E-state index contributed by atoms with van der Waals surface area (Å²) in [7, 11) is 1.60. The molecule has 1 aliphatic heterocycles. The molecule has 9 heteroatoms. The molecule has 3 aromatic carbocycles. The van der Waals surface area contributed by atoms with Gasteiger partial charge in [0.05, 0.1) is 23.6 Å². The summed E-state index contributed by atoms with van der Waals surface area (Å²) in [6.45, 7) is 6.47. The number of hydrogen-bond acceptors (Lipinski definition) is 6. The zero-order valence-electron chi connectivity index (χ0n) is 23.3. The zero-order valence-corrected chi connectivity index (χ0v) is 23.3. The topological polar surface area (TPSA) is 126 Å². The van der Waals surface area contributed by atoms with Crippen molar-refractivity contribution in [1.29, 1.82) is 0 Å². The third kappa shape index (κ3) is 5.18. The van der Waals surface area contributed by atoms with Crippen LogP contribution in [-0.4, -0.2) is 45.3 Å². The molecule has 0 spiro atoms. The molecule has 1 saturated heterocycles. The lowest BCUT2D eigenvalue weighted by atomic mass is 9.85. The quantitative estimate of drug-likeness (QED) is 0.0944. The van der Waals surface area contributed by atoms with Crippen molar-refractivity contribution in [3.63, 3.8) is 0 Å². The number of H-pyrrole nitrogens is 1. The number of nitrogens with zero attached hydrogens (tertiary/aromatic N) is 2. The summed E-state index contributed by atoms with van der Waals surface area (Å²) in [5, 5.41) is 23.6. The Bertz CT molecular complexity index is 1690. The minimum absolute atomic E-state index is 0.0947. The molecule has 0 saturated carbocycles. The molecule has 1 unspecified atom stereocenters. The van der Waals surface area contributed by atoms with Crippen LogP contribution in [0.2, 0.25) is 0 Å². The van der Waals surface area contributed by atoms with E-state index in [0.29, 0.717) is 17.7 Å². The second kappa shape index (κ2) is 10.6. The molecule has 1 aromatic heterocycles. The lowest BCUT2D eigenvalue weighted by molar-refractivity contribution is -0.384. The summed E-state index contributed by atoms with van der Waals surface area (Å²) in [5.41, 5.74) is 3.25. The van der Waals surface area contributed by atoms with Crippen LogP contribution in [0.4, 0.5) is 5.69 Å². The Morgan fingerprint density at radius 1 is 1.07 bits per heavy atom. The molecule has 5 rings (SSSR count). The first-order chi connectivity index (χ1) is 19.5. The number of carbonyl (C=O) groups excluding carboxylic acids is 2. The number of nitro benzene ring substituents is 1. The van der Waals surface area contributed by atoms with Gasteiger partial charge in [-0.05, 0) is 46.7 Å². The van der Waals surface area contributed by atoms with Crippen molar-refractivity contribution < 1.29 is 24.4 Å². The maximum atomic E-state index is 13.5. The molecule has 0 radical (unpaired) electrons. The lowest BCUT2D eigenvalue weighted by Gasteiger charge is -2.26. The van der Waals surface area contributed by atoms with Gasteiger partial charge in [0.2, 0.25) is 0 Å². The fraction of sp³-hybridized carbons (Fsp3) is 0.250. The average Bonchev–Trinajstić information content (AvgIpc) is 3.48. The van der Waals surface area contributed by atoms with Gasteiger partial charge < -0.3 is 19.7 Å². The number of Topliss-reactive ketones (excluding diaryl/α,β-unsaturated/α-hetero) is 1. The first kappa shape index (κ1) is 27.6. The Labute approximate surface area is 237 Å². The summed E-state index contributed by atoms with van der Waals surface area (Å²) in [6, 6.07) is 17.9. The van der Waals surface area contributed by atoms with E-state index in [9.17, 15) is 24.8 Å². The number of nitrogens with one attached hydrogen (secondary N) is 1. The van der Waals surface area contributed by atoms with E-state index in [1.807, 2.05) is 48.7 Å². The third-order valence-electron chi connectivity index (χ3n) is 7.56. The standard InChI is InChI=1S/C32H31N3O6/c1-32(2,3)22-10-8-19(9-11-22)28-27(29(36)20-6-5-7-23(16-20)35(39)40)30(37)31(38)34(28)15-14-21-18-33-26-13-12-24(41-4)17-25(21)26/h5-13,16-18,28,33,36H,14-15H2,1-4H3/b29-27-. The van der Waals surface area contributed by atoms with Crippen molar-refractivity contribution in [1.82, 2.24) is 9.88 Å². The first-order valence-electron chi connectivity index (χ1n) is 13.3. The van der Waals surface area contributed by atoms with Crippen molar-refractivity contribution in [3.05, 3.63) is 111 Å². The Morgan fingerprint density at radius 2 is 1.80 bits per heavy atom. The molecule has 1 atom stereocenters. The molecule has 4 aromatic rings. The van der Waals surface area contributed by atoms with Gasteiger partial charge in [0, 0.05) is 41.3 Å². The Hall–Kier alpha value is -4.92. The van der Waals surface area contributed by atoms with Crippen molar-refractivity contribution in [2.45, 2.75) is 38.6 Å². The van der Waals surface area contributed by atoms with E-state index in [0.717, 1.165) is 22.0 Å². The number of methoxy groups -OCH3 is 1. The average molecular weight is 554 g/mol. The molecular formula is C32H31N3O6. The molecule has 1 aliphatic rings. The van der Waals surface area contributed by atoms with Gasteiger partial charge in [-0.15, -0.1) is 0 Å². The van der Waals surface area contributed by atoms with E-state index in [4.69, 9.17) is 4.74 Å². The number of aromatic nitrogens is 1. The number of carbonyl (C=O) groups is 2. The highest BCUT2D eigenvalue weighted by Gasteiger charge is 2.46. The van der Waals surface area contributed by atoms with Crippen LogP contribution in [0, 0.1) is 10.1 Å². The minimum Gasteiger partial charge on any atom is -0.507 e. The molecule has 9 nitrogen and oxygen atoms in total. The fourth-order valence-corrected chi connectivity index (χ4v) is 5.28. The zero-order chi connectivity index (χ0) is 29.5. The number of amides is 1. The SMILES string of the molecule is COc1ccc2[nH]cc(CCN3C(=O)C(=O)/C(=C(\O)c4cccc([N+](=O)[O-])c4)C3c3ccc(C(C)(C)C)cc3)c2c1. The van der Waals surface area contributed by atoms with Crippen LogP contribution >= 0.6 is 0 Å². The lowest BCUT2D eigenvalue weighted by Crippen LogP contribution is -2.31. The molecular weight excluding hydrogens is 522 g/mol. The van der Waals surface area contributed by atoms with Crippen LogP contribution in [0.15, 0.2) is 78.5 Å². The highest BCUT2D eigenvalue weighted by atomic mass is 16.6. The highest BCUT2D eigenvalue weighted by molar-refractivity contribution is 6.46. The van der Waals surface area contributed by atoms with Crippen LogP contribution in [0.25, 0.3) is 16.7 Å². The van der Waals surface area contributed by atoms with E-state index in [1.165, 1.54) is 29.2 Å². The summed E-state index contributed by atoms with van der Waals surface area (Å²) in [6.07, 6.45) is 2.31. The number of fused-ring (bicyclic) bond motifs is 1. The number of ketones is 1. The van der Waals surface area contributed by atoms with Gasteiger partial charge in [-0.1, -0.05) is 57.2 Å². The summed E-state index contributed by atoms with van der Waals surface area (Å²) < 4.78 is 5.37. The second-order valence-corrected chi connectivity index (χ2v) is 11.1. The first-order valence-corrected chi connectivity index (χ1v) is 13.3. The highest BCUT2D eigenvalue weighted by Crippen LogP contribution is 2.40. The predicted octanol–water partition coefficient (Wildman–Crippen LogP) is 6.05. The van der Waals surface area contributed by atoms with Gasteiger partial charge >= 0.3 is 0 Å². The smallest absolute Gasteiger partial charge is 0.295 e. The minimum atomic E-state index is -0.872. The van der Waals surface area contributed by atoms with Crippen LogP contribution in [0.1, 0.15) is 49.1 Å². The van der Waals surface area contributed by atoms with Crippen LogP contribution in [0.5, 0.6) is 5.75 Å². The molecule has 0 bridgehead atoms. The molecule has 1 amide bonds. The third-order valence-corrected chi connectivity index (χ3v) is 7.56.